The zero-order valence-electron chi connectivity index (χ0n) is 19.8. The van der Waals surface area contributed by atoms with Crippen LogP contribution in [0.3, 0.4) is 0 Å². The maximum absolute atomic E-state index is 12.9. The average Bonchev–Trinajstić information content (AvgIpc) is 2.82. The lowest BCUT2D eigenvalue weighted by Gasteiger charge is -2.32. The lowest BCUT2D eigenvalue weighted by molar-refractivity contribution is -0.144. The summed E-state index contributed by atoms with van der Waals surface area (Å²) in [5.41, 5.74) is 4.40. The third-order valence-corrected chi connectivity index (χ3v) is 6.07. The molecule has 5 rings (SSSR count). The fourth-order valence-corrected chi connectivity index (χ4v) is 3.64. The summed E-state index contributed by atoms with van der Waals surface area (Å²) in [6.45, 7) is 2.42. The van der Waals surface area contributed by atoms with E-state index in [4.69, 9.17) is 5.26 Å². The predicted octanol–water partition coefficient (Wildman–Crippen LogP) is 5.53. The summed E-state index contributed by atoms with van der Waals surface area (Å²) in [4.78, 5) is 12.9. The molecule has 9 heteroatoms. The minimum absolute atomic E-state index is 0.261. The number of nitriles is 1. The fourth-order valence-electron chi connectivity index (χ4n) is 3.64. The highest BCUT2D eigenvalue weighted by Gasteiger charge is 2.36. The van der Waals surface area contributed by atoms with Gasteiger partial charge in [0.15, 0.2) is 0 Å². The second-order valence-electron chi connectivity index (χ2n) is 8.68. The van der Waals surface area contributed by atoms with Crippen LogP contribution in [0.2, 0.25) is 0 Å². The Morgan fingerprint density at radius 2 is 1.72 bits per heavy atom. The fraction of sp³-hybridized carbons (Fsp3) is 0.333. The molecule has 0 amide bonds. The van der Waals surface area contributed by atoms with Gasteiger partial charge in [0.2, 0.25) is 5.82 Å². The molecule has 1 saturated heterocycles. The largest absolute Gasteiger partial charge is 0.451 e. The Bertz CT molecular complexity index is 1210. The second kappa shape index (κ2) is 11.7. The van der Waals surface area contributed by atoms with Crippen LogP contribution >= 0.6 is 0 Å². The number of pyridine rings is 1. The van der Waals surface area contributed by atoms with Crippen LogP contribution in [-0.2, 0) is 12.6 Å². The Kier molecular flexibility index (Phi) is 8.16. The van der Waals surface area contributed by atoms with Crippen molar-refractivity contribution in [3.8, 4) is 17.3 Å². The van der Waals surface area contributed by atoms with Crippen LogP contribution in [0.25, 0.3) is 11.3 Å². The number of anilines is 1. The molecule has 0 unspecified atom stereocenters. The Labute approximate surface area is 208 Å². The van der Waals surface area contributed by atoms with Gasteiger partial charge in [-0.2, -0.15) is 18.4 Å². The number of nitrogens with one attached hydrogen (secondary N) is 1. The zero-order chi connectivity index (χ0) is 25.4. The van der Waals surface area contributed by atoms with Gasteiger partial charge in [-0.3, -0.25) is 4.98 Å². The van der Waals surface area contributed by atoms with Crippen LogP contribution in [0.4, 0.5) is 19.0 Å². The van der Waals surface area contributed by atoms with Crippen LogP contribution in [0, 0.1) is 11.3 Å². The van der Waals surface area contributed by atoms with E-state index in [1.165, 1.54) is 37.2 Å². The molecule has 36 heavy (non-hydrogen) atoms. The molecule has 0 spiro atoms. The van der Waals surface area contributed by atoms with E-state index >= 15 is 0 Å². The number of allylic oxidation sites excluding steroid dienone is 1. The molecule has 2 aliphatic rings. The summed E-state index contributed by atoms with van der Waals surface area (Å²) in [6, 6.07) is 14.8. The van der Waals surface area contributed by atoms with Crippen molar-refractivity contribution >= 4 is 5.82 Å². The summed E-state index contributed by atoms with van der Waals surface area (Å²) in [5.74, 6) is -0.779. The second-order valence-corrected chi connectivity index (χ2v) is 8.68. The Balaban J connectivity index is 0.000000174. The number of alkyl halides is 3. The van der Waals surface area contributed by atoms with Crippen LogP contribution < -0.4 is 10.2 Å². The molecule has 2 aromatic heterocycles. The van der Waals surface area contributed by atoms with Crippen LogP contribution in [0.15, 0.2) is 66.6 Å². The van der Waals surface area contributed by atoms with Gasteiger partial charge in [0.05, 0.1) is 17.3 Å². The van der Waals surface area contributed by atoms with Crippen molar-refractivity contribution < 1.29 is 13.2 Å². The van der Waals surface area contributed by atoms with Gasteiger partial charge in [-0.05, 0) is 68.1 Å². The molecule has 1 aromatic carbocycles. The Morgan fingerprint density at radius 3 is 2.28 bits per heavy atom. The van der Waals surface area contributed by atoms with Crippen molar-refractivity contribution in [1.29, 1.82) is 5.26 Å². The first-order chi connectivity index (χ1) is 17.4. The lowest BCUT2D eigenvalue weighted by atomic mass is 9.94. The maximum atomic E-state index is 12.9. The van der Waals surface area contributed by atoms with E-state index in [2.05, 4.69) is 32.5 Å². The van der Waals surface area contributed by atoms with E-state index in [1.54, 1.807) is 23.8 Å². The molecular formula is C27H27F3N6. The predicted molar refractivity (Wildman–Crippen MR) is 132 cm³/mol. The normalized spacial score (nSPS) is 14.5. The summed E-state index contributed by atoms with van der Waals surface area (Å²) < 4.78 is 38.7. The molecule has 0 atom stereocenters. The standard InChI is InChI=1S/C14H16N2.C13H11F3N4/c15-10-13-6-4-12(5-7-13)8-9-16-11-14-2-1-3-14;14-13(15,16)12-18-10(9-2-4-17-5-3-9)8-11(19-12)20-6-1-7-20/h4-7,11,16H,1-3,8-9H2;2-5,8H,1,6-7H2. The minimum Gasteiger partial charge on any atom is -0.391 e. The van der Waals surface area contributed by atoms with Gasteiger partial charge in [0, 0.05) is 43.7 Å². The zero-order valence-corrected chi connectivity index (χ0v) is 19.8. The van der Waals surface area contributed by atoms with Gasteiger partial charge in [-0.25, -0.2) is 9.97 Å². The van der Waals surface area contributed by atoms with Gasteiger partial charge in [0.1, 0.15) is 5.82 Å². The van der Waals surface area contributed by atoms with Crippen molar-refractivity contribution in [3.05, 3.63) is 83.6 Å². The van der Waals surface area contributed by atoms with Crippen molar-refractivity contribution in [2.45, 2.75) is 38.3 Å². The Hall–Kier alpha value is -3.93. The van der Waals surface area contributed by atoms with Gasteiger partial charge < -0.3 is 10.2 Å². The number of hydrogen-bond donors (Lipinski definition) is 1. The number of nitrogens with zero attached hydrogens (tertiary/aromatic N) is 5. The SMILES string of the molecule is FC(F)(F)c1nc(-c2ccncc2)cc(N2CCC2)n1.N#Cc1ccc(CCNC=C2CCC2)cc1. The molecule has 1 aliphatic heterocycles. The summed E-state index contributed by atoms with van der Waals surface area (Å²) >= 11 is 0. The van der Waals surface area contributed by atoms with Gasteiger partial charge in [0.25, 0.3) is 0 Å². The first kappa shape index (κ1) is 25.2. The van der Waals surface area contributed by atoms with Gasteiger partial charge in [-0.15, -0.1) is 0 Å². The molecule has 3 heterocycles. The summed E-state index contributed by atoms with van der Waals surface area (Å²) in [7, 11) is 0. The number of halogens is 3. The van der Waals surface area contributed by atoms with Crippen molar-refractivity contribution in [1.82, 2.24) is 20.3 Å². The summed E-state index contributed by atoms with van der Waals surface area (Å²) in [6.07, 6.45) is 6.51. The molecule has 1 N–H and O–H groups in total. The highest BCUT2D eigenvalue weighted by molar-refractivity contribution is 5.62. The van der Waals surface area contributed by atoms with Crippen molar-refractivity contribution in [2.24, 2.45) is 0 Å². The third kappa shape index (κ3) is 6.81. The lowest BCUT2D eigenvalue weighted by Crippen LogP contribution is -2.38. The van der Waals surface area contributed by atoms with Crippen LogP contribution in [0.5, 0.6) is 0 Å². The quantitative estimate of drug-likeness (QED) is 0.456. The highest BCUT2D eigenvalue weighted by Crippen LogP contribution is 2.31. The number of aromatic nitrogens is 3. The monoisotopic (exact) mass is 492 g/mol. The Morgan fingerprint density at radius 1 is 1.00 bits per heavy atom. The molecule has 2 fully saturated rings. The van der Waals surface area contributed by atoms with E-state index in [0.29, 0.717) is 11.4 Å². The van der Waals surface area contributed by atoms with Crippen molar-refractivity contribution in [3.63, 3.8) is 0 Å². The van der Waals surface area contributed by atoms with Gasteiger partial charge in [-0.1, -0.05) is 17.7 Å². The molecular weight excluding hydrogens is 465 g/mol. The molecule has 0 radical (unpaired) electrons. The maximum Gasteiger partial charge on any atom is 0.451 e. The summed E-state index contributed by atoms with van der Waals surface area (Å²) in [5, 5.41) is 12.0. The number of benzene rings is 1. The smallest absolute Gasteiger partial charge is 0.391 e. The average molecular weight is 493 g/mol. The highest BCUT2D eigenvalue weighted by atomic mass is 19.4. The number of hydrogen-bond acceptors (Lipinski definition) is 6. The molecule has 0 bridgehead atoms. The molecule has 1 aliphatic carbocycles. The van der Waals surface area contributed by atoms with E-state index in [-0.39, 0.29) is 5.69 Å². The number of rotatable bonds is 6. The first-order valence-electron chi connectivity index (χ1n) is 11.9. The topological polar surface area (TPSA) is 77.7 Å². The van der Waals surface area contributed by atoms with Crippen LogP contribution in [-0.4, -0.2) is 34.6 Å². The third-order valence-electron chi connectivity index (χ3n) is 6.07. The molecule has 186 valence electrons. The molecule has 3 aromatic rings. The van der Waals surface area contributed by atoms with Crippen molar-refractivity contribution in [2.75, 3.05) is 24.5 Å². The van der Waals surface area contributed by atoms with E-state index in [9.17, 15) is 13.2 Å². The molecule has 1 saturated carbocycles. The minimum atomic E-state index is -4.55. The van der Waals surface area contributed by atoms with Gasteiger partial charge >= 0.3 is 6.18 Å². The first-order valence-corrected chi connectivity index (χ1v) is 11.9. The van der Waals surface area contributed by atoms with E-state index in [0.717, 1.165) is 38.0 Å². The van der Waals surface area contributed by atoms with Crippen LogP contribution in [0.1, 0.15) is 42.6 Å². The van der Waals surface area contributed by atoms with E-state index < -0.39 is 12.0 Å². The molecule has 6 nitrogen and oxygen atoms in total. The van der Waals surface area contributed by atoms with E-state index in [1.807, 2.05) is 29.2 Å².